The minimum Gasteiger partial charge on any atom is -0.408 e. The molecule has 150 valence electrons. The lowest BCUT2D eigenvalue weighted by atomic mass is 10.1. The average molecular weight is 398 g/mol. The molecule has 1 aromatic rings. The van der Waals surface area contributed by atoms with Crippen LogP contribution < -0.4 is 11.2 Å². The van der Waals surface area contributed by atoms with Crippen LogP contribution in [0, 0.1) is 0 Å². The summed E-state index contributed by atoms with van der Waals surface area (Å²) in [5, 5.41) is 3.57. The molecule has 4 atom stereocenters. The Balaban J connectivity index is 2.43. The number of rotatable bonds is 6. The van der Waals surface area contributed by atoms with Gasteiger partial charge in [-0.1, -0.05) is 25.9 Å². The fourth-order valence-corrected chi connectivity index (χ4v) is 4.05. The molecule has 0 aliphatic carbocycles. The quantitative estimate of drug-likeness (QED) is 0.340. The van der Waals surface area contributed by atoms with Gasteiger partial charge in [0.2, 0.25) is 0 Å². The number of nitrogens with zero attached hydrogens (tertiary/aromatic N) is 4. The molecular weight excluding hydrogens is 370 g/mol. The first kappa shape index (κ1) is 21.4. The smallest absolute Gasteiger partial charge is 0.330 e. The Morgan fingerprint density at radius 2 is 2.04 bits per heavy atom. The minimum absolute atomic E-state index is 0.0459. The van der Waals surface area contributed by atoms with Gasteiger partial charge in [0.1, 0.15) is 12.2 Å². The zero-order chi connectivity index (χ0) is 20.4. The van der Waals surface area contributed by atoms with E-state index in [1.165, 1.54) is 23.9 Å². The van der Waals surface area contributed by atoms with Gasteiger partial charge >= 0.3 is 5.69 Å². The molecule has 0 bridgehead atoms. The highest BCUT2D eigenvalue weighted by Crippen LogP contribution is 2.41. The van der Waals surface area contributed by atoms with E-state index >= 15 is 0 Å². The summed E-state index contributed by atoms with van der Waals surface area (Å²) in [5.41, 5.74) is 7.60. The van der Waals surface area contributed by atoms with Crippen LogP contribution in [0.25, 0.3) is 10.4 Å². The van der Waals surface area contributed by atoms with Gasteiger partial charge in [-0.3, -0.25) is 14.3 Å². The Morgan fingerprint density at radius 1 is 1.37 bits per heavy atom. The highest BCUT2D eigenvalue weighted by molar-refractivity contribution is 6.74. The topological polar surface area (TPSA) is 131 Å². The maximum Gasteiger partial charge on any atom is 0.330 e. The van der Waals surface area contributed by atoms with E-state index in [0.717, 1.165) is 0 Å². The second-order valence-electron chi connectivity index (χ2n) is 8.04. The maximum absolute atomic E-state index is 12.2. The standard InChI is InChI=1S/C16H27N5O5Si/c1-16(2,3)27(5,6)26-12-10(9-18-20-17)25-14(13(12)24-4)21-8-7-11(22)19-15(21)23/h7-8,10,12-14H,9H2,1-6H3,(H,19,22,23)/t10-,12?,13-,14-/m1/s1. The third kappa shape index (κ3) is 4.50. The molecule has 1 aromatic heterocycles. The van der Waals surface area contributed by atoms with E-state index in [2.05, 4.69) is 48.9 Å². The predicted molar refractivity (Wildman–Crippen MR) is 102 cm³/mol. The van der Waals surface area contributed by atoms with Crippen LogP contribution in [-0.4, -0.2) is 49.8 Å². The number of nitrogens with one attached hydrogen (secondary N) is 1. The molecule has 1 fully saturated rings. The van der Waals surface area contributed by atoms with Gasteiger partial charge in [-0.15, -0.1) is 0 Å². The second-order valence-corrected chi connectivity index (χ2v) is 12.8. The molecule has 2 heterocycles. The third-order valence-corrected chi connectivity index (χ3v) is 9.72. The van der Waals surface area contributed by atoms with Crippen molar-refractivity contribution in [3.63, 3.8) is 0 Å². The van der Waals surface area contributed by atoms with Crippen LogP contribution in [0.3, 0.4) is 0 Å². The summed E-state index contributed by atoms with van der Waals surface area (Å²) in [6.45, 7) is 10.6. The number of H-pyrrole nitrogens is 1. The zero-order valence-corrected chi connectivity index (χ0v) is 17.5. The molecule has 1 unspecified atom stereocenters. The Morgan fingerprint density at radius 3 is 2.56 bits per heavy atom. The lowest BCUT2D eigenvalue weighted by molar-refractivity contribution is -0.0522. The summed E-state index contributed by atoms with van der Waals surface area (Å²) in [4.78, 5) is 28.6. The van der Waals surface area contributed by atoms with Gasteiger partial charge in [0.15, 0.2) is 14.5 Å². The number of aromatic amines is 1. The van der Waals surface area contributed by atoms with E-state index in [1.54, 1.807) is 0 Å². The van der Waals surface area contributed by atoms with Gasteiger partial charge in [0.05, 0.1) is 12.6 Å². The molecule has 1 saturated heterocycles. The molecular formula is C16H27N5O5Si. The number of hydrogen-bond donors (Lipinski definition) is 1. The van der Waals surface area contributed by atoms with Crippen LogP contribution in [0.15, 0.2) is 27.0 Å². The van der Waals surface area contributed by atoms with Crippen LogP contribution in [0.4, 0.5) is 0 Å². The highest BCUT2D eigenvalue weighted by atomic mass is 28.4. The van der Waals surface area contributed by atoms with Crippen molar-refractivity contribution in [2.75, 3.05) is 13.7 Å². The number of ether oxygens (including phenoxy) is 2. The fourth-order valence-electron chi connectivity index (χ4n) is 2.73. The summed E-state index contributed by atoms with van der Waals surface area (Å²) in [6.07, 6.45) is -1.17. The van der Waals surface area contributed by atoms with Crippen LogP contribution in [0.5, 0.6) is 0 Å². The molecule has 11 heteroatoms. The summed E-state index contributed by atoms with van der Waals surface area (Å²) in [7, 11) is -0.692. The van der Waals surface area contributed by atoms with E-state index in [-0.39, 0.29) is 11.6 Å². The Hall–Kier alpha value is -1.91. The van der Waals surface area contributed by atoms with Crippen molar-refractivity contribution in [1.82, 2.24) is 9.55 Å². The van der Waals surface area contributed by atoms with Crippen LogP contribution in [-0.2, 0) is 13.9 Å². The normalized spacial score (nSPS) is 26.0. The summed E-state index contributed by atoms with van der Waals surface area (Å²) in [6, 6.07) is 1.24. The van der Waals surface area contributed by atoms with E-state index in [9.17, 15) is 9.59 Å². The Labute approximate surface area is 158 Å². The highest BCUT2D eigenvalue weighted by Gasteiger charge is 2.51. The van der Waals surface area contributed by atoms with E-state index < -0.39 is 44.1 Å². The Bertz CT molecular complexity index is 823. The molecule has 1 aliphatic heterocycles. The van der Waals surface area contributed by atoms with Crippen molar-refractivity contribution in [1.29, 1.82) is 0 Å². The van der Waals surface area contributed by atoms with Crippen LogP contribution in [0.2, 0.25) is 18.1 Å². The molecule has 0 saturated carbocycles. The van der Waals surface area contributed by atoms with Gasteiger partial charge < -0.3 is 13.9 Å². The summed E-state index contributed by atoms with van der Waals surface area (Å²) < 4.78 is 19.4. The second kappa shape index (κ2) is 7.99. The van der Waals surface area contributed by atoms with Crippen molar-refractivity contribution in [2.45, 2.75) is 63.4 Å². The lowest BCUT2D eigenvalue weighted by Gasteiger charge is -2.40. The lowest BCUT2D eigenvalue weighted by Crippen LogP contribution is -2.50. The monoisotopic (exact) mass is 397 g/mol. The van der Waals surface area contributed by atoms with Gasteiger partial charge in [-0.2, -0.15) is 0 Å². The first-order chi connectivity index (χ1) is 12.5. The zero-order valence-electron chi connectivity index (χ0n) is 16.5. The van der Waals surface area contributed by atoms with Crippen LogP contribution >= 0.6 is 0 Å². The molecule has 27 heavy (non-hydrogen) atoms. The largest absolute Gasteiger partial charge is 0.408 e. The minimum atomic E-state index is -2.20. The van der Waals surface area contributed by atoms with Crippen molar-refractivity contribution in [2.24, 2.45) is 5.11 Å². The molecule has 1 aliphatic rings. The molecule has 1 N–H and O–H groups in total. The van der Waals surface area contributed by atoms with E-state index in [1.807, 2.05) is 0 Å². The molecule has 0 spiro atoms. The fraction of sp³-hybridized carbons (Fsp3) is 0.750. The molecule has 0 aromatic carbocycles. The molecule has 2 rings (SSSR count). The van der Waals surface area contributed by atoms with Gasteiger partial charge in [-0.05, 0) is 23.7 Å². The van der Waals surface area contributed by atoms with Gasteiger partial charge in [-0.25, -0.2) is 4.79 Å². The molecule has 0 amide bonds. The van der Waals surface area contributed by atoms with Crippen molar-refractivity contribution in [3.05, 3.63) is 43.5 Å². The first-order valence-corrected chi connectivity index (χ1v) is 11.6. The number of azide groups is 1. The maximum atomic E-state index is 12.2. The third-order valence-electron chi connectivity index (χ3n) is 5.24. The molecule has 0 radical (unpaired) electrons. The average Bonchev–Trinajstić information content (AvgIpc) is 2.88. The number of hydrogen-bond acceptors (Lipinski definition) is 6. The summed E-state index contributed by atoms with van der Waals surface area (Å²) >= 11 is 0. The number of aromatic nitrogens is 2. The number of methoxy groups -OCH3 is 1. The van der Waals surface area contributed by atoms with Crippen LogP contribution in [0.1, 0.15) is 27.0 Å². The predicted octanol–water partition coefficient (Wildman–Crippen LogP) is 2.15. The van der Waals surface area contributed by atoms with E-state index in [4.69, 9.17) is 19.4 Å². The van der Waals surface area contributed by atoms with E-state index in [0.29, 0.717) is 0 Å². The van der Waals surface area contributed by atoms with Gasteiger partial charge in [0.25, 0.3) is 5.56 Å². The summed E-state index contributed by atoms with van der Waals surface area (Å²) in [5.74, 6) is 0. The van der Waals surface area contributed by atoms with Crippen molar-refractivity contribution < 1.29 is 13.9 Å². The van der Waals surface area contributed by atoms with Gasteiger partial charge in [0, 0.05) is 24.3 Å². The first-order valence-electron chi connectivity index (χ1n) is 8.70. The van der Waals surface area contributed by atoms with Crippen molar-refractivity contribution in [3.8, 4) is 0 Å². The molecule has 10 nitrogen and oxygen atoms in total. The SMILES string of the molecule is CO[C@@H]1C(O[Si](C)(C)C(C)(C)C)[C@@H](CN=[N+]=[N-])O[C@H]1n1ccc(=O)[nH]c1=O. The Kier molecular flexibility index (Phi) is 6.33. The van der Waals surface area contributed by atoms with Crippen molar-refractivity contribution >= 4 is 8.32 Å².